The first-order valence-corrected chi connectivity index (χ1v) is 7.37. The summed E-state index contributed by atoms with van der Waals surface area (Å²) in [5.41, 5.74) is 0.717. The van der Waals surface area contributed by atoms with E-state index in [1.807, 2.05) is 0 Å². The molecular weight excluding hydrogens is 252 g/mol. The maximum Gasteiger partial charge on any atom is 0.271 e. The third-order valence-electron chi connectivity index (χ3n) is 3.74. The van der Waals surface area contributed by atoms with E-state index in [1.54, 1.807) is 6.20 Å². The number of carbonyl (C=O) groups excluding carboxylic acids is 1. The highest BCUT2D eigenvalue weighted by atomic mass is 16.1. The molecule has 0 bridgehead atoms. The van der Waals surface area contributed by atoms with Gasteiger partial charge in [0.25, 0.3) is 5.91 Å². The molecule has 2 rings (SSSR count). The summed E-state index contributed by atoms with van der Waals surface area (Å²) < 4.78 is 0. The Bertz CT molecular complexity index is 455. The maximum atomic E-state index is 12.1. The molecule has 2 N–H and O–H groups in total. The highest BCUT2D eigenvalue weighted by molar-refractivity contribution is 5.92. The van der Waals surface area contributed by atoms with Crippen LogP contribution in [0.25, 0.3) is 0 Å². The molecule has 5 heteroatoms. The lowest BCUT2D eigenvalue weighted by atomic mass is 9.92. The number of amides is 1. The van der Waals surface area contributed by atoms with Gasteiger partial charge in [-0.2, -0.15) is 0 Å². The number of hydrogen-bond acceptors (Lipinski definition) is 4. The lowest BCUT2D eigenvalue weighted by molar-refractivity contribution is 0.0930. The van der Waals surface area contributed by atoms with Gasteiger partial charge in [-0.25, -0.2) is 9.97 Å². The molecule has 1 heterocycles. The SMILES string of the molecule is CCCNc1cnc(C(=O)NC2CCC(C)(C)C2)cn1. The zero-order valence-electron chi connectivity index (χ0n) is 12.6. The van der Waals surface area contributed by atoms with E-state index in [9.17, 15) is 4.79 Å². The van der Waals surface area contributed by atoms with E-state index in [-0.39, 0.29) is 11.9 Å². The minimum absolute atomic E-state index is 0.123. The number of hydrogen-bond donors (Lipinski definition) is 2. The summed E-state index contributed by atoms with van der Waals surface area (Å²) >= 11 is 0. The maximum absolute atomic E-state index is 12.1. The van der Waals surface area contributed by atoms with Crippen LogP contribution >= 0.6 is 0 Å². The Hall–Kier alpha value is -1.65. The second kappa shape index (κ2) is 6.20. The van der Waals surface area contributed by atoms with Gasteiger partial charge in [0, 0.05) is 12.6 Å². The Morgan fingerprint density at radius 2 is 2.20 bits per heavy atom. The molecule has 1 amide bonds. The van der Waals surface area contributed by atoms with Gasteiger partial charge in [0.05, 0.1) is 12.4 Å². The molecule has 20 heavy (non-hydrogen) atoms. The molecule has 0 aliphatic heterocycles. The molecule has 0 aromatic carbocycles. The monoisotopic (exact) mass is 276 g/mol. The highest BCUT2D eigenvalue weighted by Gasteiger charge is 2.31. The van der Waals surface area contributed by atoms with Crippen LogP contribution in [-0.4, -0.2) is 28.5 Å². The Balaban J connectivity index is 1.89. The summed E-state index contributed by atoms with van der Waals surface area (Å²) in [5.74, 6) is 0.590. The number of carbonyl (C=O) groups is 1. The van der Waals surface area contributed by atoms with Gasteiger partial charge in [0.1, 0.15) is 11.5 Å². The number of rotatable bonds is 5. The van der Waals surface area contributed by atoms with E-state index in [0.717, 1.165) is 32.2 Å². The zero-order chi connectivity index (χ0) is 14.6. The van der Waals surface area contributed by atoms with Gasteiger partial charge >= 0.3 is 0 Å². The second-order valence-corrected chi connectivity index (χ2v) is 6.29. The molecule has 0 spiro atoms. The third kappa shape index (κ3) is 3.92. The van der Waals surface area contributed by atoms with Crippen molar-refractivity contribution in [1.29, 1.82) is 0 Å². The Morgan fingerprint density at radius 3 is 2.75 bits per heavy atom. The molecule has 5 nitrogen and oxygen atoms in total. The van der Waals surface area contributed by atoms with Crippen molar-refractivity contribution in [2.75, 3.05) is 11.9 Å². The summed E-state index contributed by atoms with van der Waals surface area (Å²) in [6.07, 6.45) is 7.41. The van der Waals surface area contributed by atoms with Gasteiger partial charge in [-0.15, -0.1) is 0 Å². The molecule has 1 atom stereocenters. The molecule has 1 aromatic heterocycles. The van der Waals surface area contributed by atoms with E-state index in [1.165, 1.54) is 6.20 Å². The number of anilines is 1. The Kier molecular flexibility index (Phi) is 4.57. The van der Waals surface area contributed by atoms with Crippen molar-refractivity contribution in [1.82, 2.24) is 15.3 Å². The number of aromatic nitrogens is 2. The minimum Gasteiger partial charge on any atom is -0.369 e. The van der Waals surface area contributed by atoms with Crippen molar-refractivity contribution in [2.24, 2.45) is 5.41 Å². The summed E-state index contributed by atoms with van der Waals surface area (Å²) in [6.45, 7) is 7.43. The molecule has 1 fully saturated rings. The average molecular weight is 276 g/mol. The van der Waals surface area contributed by atoms with E-state index in [4.69, 9.17) is 0 Å². The van der Waals surface area contributed by atoms with Crippen LogP contribution in [0, 0.1) is 5.41 Å². The van der Waals surface area contributed by atoms with Gasteiger partial charge < -0.3 is 10.6 Å². The quantitative estimate of drug-likeness (QED) is 0.867. The van der Waals surface area contributed by atoms with Crippen molar-refractivity contribution >= 4 is 11.7 Å². The first kappa shape index (κ1) is 14.8. The van der Waals surface area contributed by atoms with Gasteiger partial charge in [-0.3, -0.25) is 4.79 Å². The predicted molar refractivity (Wildman–Crippen MR) is 79.7 cm³/mol. The average Bonchev–Trinajstić information content (AvgIpc) is 2.76. The normalized spacial score (nSPS) is 20.6. The molecule has 1 unspecified atom stereocenters. The third-order valence-corrected chi connectivity index (χ3v) is 3.74. The van der Waals surface area contributed by atoms with Crippen LogP contribution in [-0.2, 0) is 0 Å². The zero-order valence-corrected chi connectivity index (χ0v) is 12.6. The summed E-state index contributed by atoms with van der Waals surface area (Å²) in [7, 11) is 0. The standard InChI is InChI=1S/C15H24N4O/c1-4-7-16-13-10-17-12(9-18-13)14(20)19-11-5-6-15(2,3)8-11/h9-11H,4-8H2,1-3H3,(H,16,18)(H,19,20). The van der Waals surface area contributed by atoms with E-state index in [0.29, 0.717) is 16.9 Å². The van der Waals surface area contributed by atoms with Crippen molar-refractivity contribution < 1.29 is 4.79 Å². The summed E-state index contributed by atoms with van der Waals surface area (Å²) in [6, 6.07) is 0.261. The fourth-order valence-electron chi connectivity index (χ4n) is 2.61. The lowest BCUT2D eigenvalue weighted by Crippen LogP contribution is -2.34. The van der Waals surface area contributed by atoms with Crippen LogP contribution < -0.4 is 10.6 Å². The number of nitrogens with one attached hydrogen (secondary N) is 2. The molecule has 1 aliphatic carbocycles. The van der Waals surface area contributed by atoms with Crippen LogP contribution in [0.5, 0.6) is 0 Å². The molecule has 1 aromatic rings. The minimum atomic E-state index is -0.123. The second-order valence-electron chi connectivity index (χ2n) is 6.29. The molecular formula is C15H24N4O. The van der Waals surface area contributed by atoms with Crippen molar-refractivity contribution in [3.63, 3.8) is 0 Å². The van der Waals surface area contributed by atoms with Gasteiger partial charge in [-0.1, -0.05) is 20.8 Å². The van der Waals surface area contributed by atoms with Crippen LogP contribution in [0.2, 0.25) is 0 Å². The molecule has 0 radical (unpaired) electrons. The van der Waals surface area contributed by atoms with Crippen LogP contribution in [0.1, 0.15) is 56.9 Å². The van der Waals surface area contributed by atoms with Crippen LogP contribution in [0.3, 0.4) is 0 Å². The van der Waals surface area contributed by atoms with Crippen molar-refractivity contribution in [3.8, 4) is 0 Å². The first-order chi connectivity index (χ1) is 9.50. The van der Waals surface area contributed by atoms with Crippen LogP contribution in [0.4, 0.5) is 5.82 Å². The van der Waals surface area contributed by atoms with Gasteiger partial charge in [0.2, 0.25) is 0 Å². The topological polar surface area (TPSA) is 66.9 Å². The summed E-state index contributed by atoms with van der Waals surface area (Å²) in [5, 5.41) is 6.19. The molecule has 1 saturated carbocycles. The van der Waals surface area contributed by atoms with Crippen molar-refractivity contribution in [3.05, 3.63) is 18.1 Å². The van der Waals surface area contributed by atoms with Crippen LogP contribution in [0.15, 0.2) is 12.4 Å². The van der Waals surface area contributed by atoms with E-state index in [2.05, 4.69) is 41.4 Å². The fourth-order valence-corrected chi connectivity index (χ4v) is 2.61. The lowest BCUT2D eigenvalue weighted by Gasteiger charge is -2.17. The first-order valence-electron chi connectivity index (χ1n) is 7.37. The van der Waals surface area contributed by atoms with Gasteiger partial charge in [-0.05, 0) is 31.1 Å². The molecule has 1 aliphatic rings. The largest absolute Gasteiger partial charge is 0.369 e. The smallest absolute Gasteiger partial charge is 0.271 e. The predicted octanol–water partition coefficient (Wildman–Crippen LogP) is 2.61. The number of nitrogens with zero attached hydrogens (tertiary/aromatic N) is 2. The van der Waals surface area contributed by atoms with E-state index >= 15 is 0 Å². The Morgan fingerprint density at radius 1 is 1.40 bits per heavy atom. The Labute approximate surface area is 120 Å². The summed E-state index contributed by atoms with van der Waals surface area (Å²) in [4.78, 5) is 20.5. The molecule has 110 valence electrons. The van der Waals surface area contributed by atoms with Gasteiger partial charge in [0.15, 0.2) is 0 Å². The molecule has 0 saturated heterocycles. The van der Waals surface area contributed by atoms with Crippen molar-refractivity contribution in [2.45, 2.75) is 52.5 Å². The van der Waals surface area contributed by atoms with E-state index < -0.39 is 0 Å². The highest BCUT2D eigenvalue weighted by Crippen LogP contribution is 2.36. The fraction of sp³-hybridized carbons (Fsp3) is 0.667.